The summed E-state index contributed by atoms with van der Waals surface area (Å²) in [5.41, 5.74) is 7.18. The molecule has 1 aromatic carbocycles. The highest BCUT2D eigenvalue weighted by molar-refractivity contribution is 5.92. The maximum absolute atomic E-state index is 12.6. The van der Waals surface area contributed by atoms with Crippen LogP contribution in [-0.4, -0.2) is 16.6 Å². The fraction of sp³-hybridized carbons (Fsp3) is 0.412. The molecule has 3 N–H and O–H groups in total. The number of aryl methyl sites for hydroxylation is 1. The van der Waals surface area contributed by atoms with E-state index in [9.17, 15) is 9.59 Å². The molecule has 1 heterocycles. The molecular formula is C17H21N3O2. The number of benzene rings is 1. The molecule has 0 aliphatic heterocycles. The third-order valence-electron chi connectivity index (χ3n) is 4.34. The lowest BCUT2D eigenvalue weighted by atomic mass is 9.96. The smallest absolute Gasteiger partial charge is 0.329 e. The second kappa shape index (κ2) is 5.83. The lowest BCUT2D eigenvalue weighted by Crippen LogP contribution is -2.43. The van der Waals surface area contributed by atoms with Crippen molar-refractivity contribution in [3.05, 3.63) is 40.2 Å². The minimum Gasteiger partial charge on any atom is -0.399 e. The lowest BCUT2D eigenvalue weighted by molar-refractivity contribution is 0.234. The maximum atomic E-state index is 12.6. The minimum atomic E-state index is -0.351. The van der Waals surface area contributed by atoms with Gasteiger partial charge in [0.2, 0.25) is 0 Å². The molecule has 3 rings (SSSR count). The summed E-state index contributed by atoms with van der Waals surface area (Å²) < 4.78 is 1.22. The van der Waals surface area contributed by atoms with Crippen LogP contribution in [0.2, 0.25) is 0 Å². The Labute approximate surface area is 129 Å². The number of amides is 1. The molecule has 22 heavy (non-hydrogen) atoms. The van der Waals surface area contributed by atoms with Crippen molar-refractivity contribution in [3.63, 3.8) is 0 Å². The molecular weight excluding hydrogens is 278 g/mol. The summed E-state index contributed by atoms with van der Waals surface area (Å²) in [6, 6.07) is 6.89. The number of nitrogens with zero attached hydrogens (tertiary/aromatic N) is 1. The predicted octanol–water partition coefficient (Wildman–Crippen LogP) is 2.78. The van der Waals surface area contributed by atoms with E-state index in [1.807, 2.05) is 6.07 Å². The molecule has 1 fully saturated rings. The molecule has 116 valence electrons. The van der Waals surface area contributed by atoms with Crippen molar-refractivity contribution in [2.24, 2.45) is 0 Å². The number of carbonyl (C=O) groups is 1. The zero-order valence-corrected chi connectivity index (χ0v) is 12.8. The molecule has 1 aromatic heterocycles. The van der Waals surface area contributed by atoms with Gasteiger partial charge in [0.05, 0.1) is 5.52 Å². The largest absolute Gasteiger partial charge is 0.399 e. The fourth-order valence-electron chi connectivity index (χ4n) is 3.14. The molecule has 2 aromatic rings. The first kappa shape index (κ1) is 14.6. The van der Waals surface area contributed by atoms with Gasteiger partial charge in [-0.2, -0.15) is 0 Å². The minimum absolute atomic E-state index is 0.157. The Morgan fingerprint density at radius 3 is 2.68 bits per heavy atom. The molecule has 5 nitrogen and oxygen atoms in total. The molecule has 0 bridgehead atoms. The molecule has 1 amide bonds. The van der Waals surface area contributed by atoms with Crippen LogP contribution in [0, 0.1) is 6.92 Å². The first-order chi connectivity index (χ1) is 10.6. The van der Waals surface area contributed by atoms with Gasteiger partial charge >= 0.3 is 6.03 Å². The molecule has 0 unspecified atom stereocenters. The monoisotopic (exact) mass is 299 g/mol. The van der Waals surface area contributed by atoms with Crippen LogP contribution in [0.25, 0.3) is 10.9 Å². The van der Waals surface area contributed by atoms with E-state index in [1.165, 1.54) is 11.0 Å². The maximum Gasteiger partial charge on any atom is 0.329 e. The number of nitrogens with one attached hydrogen (secondary N) is 1. The number of anilines is 1. The molecule has 5 heteroatoms. The van der Waals surface area contributed by atoms with Crippen LogP contribution in [-0.2, 0) is 0 Å². The van der Waals surface area contributed by atoms with Gasteiger partial charge in [0.25, 0.3) is 5.56 Å². The van der Waals surface area contributed by atoms with Crippen molar-refractivity contribution < 1.29 is 4.79 Å². The van der Waals surface area contributed by atoms with Crippen LogP contribution in [0.3, 0.4) is 0 Å². The van der Waals surface area contributed by atoms with Crippen LogP contribution in [0.5, 0.6) is 0 Å². The number of nitrogen functional groups attached to an aromatic ring is 1. The van der Waals surface area contributed by atoms with Crippen molar-refractivity contribution in [2.75, 3.05) is 5.73 Å². The molecule has 0 radical (unpaired) electrons. The van der Waals surface area contributed by atoms with E-state index in [4.69, 9.17) is 5.73 Å². The van der Waals surface area contributed by atoms with Crippen LogP contribution < -0.4 is 16.6 Å². The summed E-state index contributed by atoms with van der Waals surface area (Å²) in [6.45, 7) is 1.72. The van der Waals surface area contributed by atoms with Gasteiger partial charge in [-0.05, 0) is 43.4 Å². The Hall–Kier alpha value is -2.30. The van der Waals surface area contributed by atoms with Gasteiger partial charge < -0.3 is 11.1 Å². The van der Waals surface area contributed by atoms with E-state index in [2.05, 4.69) is 5.32 Å². The van der Waals surface area contributed by atoms with E-state index >= 15 is 0 Å². The Kier molecular flexibility index (Phi) is 3.88. The van der Waals surface area contributed by atoms with E-state index < -0.39 is 0 Å². The average molecular weight is 299 g/mol. The van der Waals surface area contributed by atoms with Crippen LogP contribution in [0.15, 0.2) is 29.1 Å². The van der Waals surface area contributed by atoms with E-state index in [0.29, 0.717) is 16.8 Å². The second-order valence-corrected chi connectivity index (χ2v) is 6.07. The number of nitrogens with two attached hydrogens (primary N) is 1. The van der Waals surface area contributed by atoms with Crippen LogP contribution >= 0.6 is 0 Å². The quantitative estimate of drug-likeness (QED) is 0.795. The first-order valence-corrected chi connectivity index (χ1v) is 7.79. The van der Waals surface area contributed by atoms with Gasteiger partial charge in [-0.1, -0.05) is 25.3 Å². The van der Waals surface area contributed by atoms with Crippen LogP contribution in [0.1, 0.15) is 37.7 Å². The number of carbonyl (C=O) groups excluding carboxylic acids is 1. The van der Waals surface area contributed by atoms with Gasteiger partial charge in [-0.25, -0.2) is 9.36 Å². The van der Waals surface area contributed by atoms with E-state index in [1.54, 1.807) is 25.1 Å². The molecule has 0 atom stereocenters. The van der Waals surface area contributed by atoms with Gasteiger partial charge in [-0.15, -0.1) is 0 Å². The summed E-state index contributed by atoms with van der Waals surface area (Å²) in [7, 11) is 0. The number of hydrogen-bond acceptors (Lipinski definition) is 3. The second-order valence-electron chi connectivity index (χ2n) is 6.07. The van der Waals surface area contributed by atoms with Crippen molar-refractivity contribution in [1.29, 1.82) is 0 Å². The van der Waals surface area contributed by atoms with Gasteiger partial charge in [0.1, 0.15) is 0 Å². The number of hydrogen-bond donors (Lipinski definition) is 2. The van der Waals surface area contributed by atoms with Crippen molar-refractivity contribution in [1.82, 2.24) is 9.88 Å². The summed E-state index contributed by atoms with van der Waals surface area (Å²) in [6.07, 6.45) is 5.43. The topological polar surface area (TPSA) is 77.1 Å². The molecule has 0 saturated heterocycles. The fourth-order valence-corrected chi connectivity index (χ4v) is 3.14. The first-order valence-electron chi connectivity index (χ1n) is 7.79. The highest BCUT2D eigenvalue weighted by atomic mass is 16.2. The SMILES string of the molecule is Cc1cc2ccc(N)cc2n(C(=O)NC2CCCCC2)c1=O. The zero-order chi connectivity index (χ0) is 15.7. The highest BCUT2D eigenvalue weighted by Gasteiger charge is 2.19. The highest BCUT2D eigenvalue weighted by Crippen LogP contribution is 2.19. The molecule has 0 spiro atoms. The number of aromatic nitrogens is 1. The Morgan fingerprint density at radius 1 is 1.23 bits per heavy atom. The Morgan fingerprint density at radius 2 is 1.95 bits per heavy atom. The van der Waals surface area contributed by atoms with Crippen molar-refractivity contribution in [3.8, 4) is 0 Å². The normalized spacial score (nSPS) is 15.9. The molecule has 1 aliphatic carbocycles. The van der Waals surface area contributed by atoms with Crippen molar-refractivity contribution in [2.45, 2.75) is 45.1 Å². The third-order valence-corrected chi connectivity index (χ3v) is 4.34. The Bertz CT molecular complexity index is 773. The van der Waals surface area contributed by atoms with E-state index in [-0.39, 0.29) is 17.6 Å². The zero-order valence-electron chi connectivity index (χ0n) is 12.8. The summed E-state index contributed by atoms with van der Waals surface area (Å²) in [5, 5.41) is 3.84. The molecule has 1 aliphatic rings. The third kappa shape index (κ3) is 2.71. The van der Waals surface area contributed by atoms with Gasteiger partial charge in [0, 0.05) is 17.3 Å². The predicted molar refractivity (Wildman–Crippen MR) is 88.2 cm³/mol. The van der Waals surface area contributed by atoms with Gasteiger partial charge in [0.15, 0.2) is 0 Å². The lowest BCUT2D eigenvalue weighted by Gasteiger charge is -2.23. The Balaban J connectivity index is 2.04. The summed E-state index contributed by atoms with van der Waals surface area (Å²) in [5.74, 6) is 0. The summed E-state index contributed by atoms with van der Waals surface area (Å²) in [4.78, 5) is 25.1. The average Bonchev–Trinajstić information content (AvgIpc) is 2.50. The van der Waals surface area contributed by atoms with Crippen molar-refractivity contribution >= 4 is 22.6 Å². The molecule has 1 saturated carbocycles. The van der Waals surface area contributed by atoms with E-state index in [0.717, 1.165) is 31.1 Å². The van der Waals surface area contributed by atoms with Gasteiger partial charge in [-0.3, -0.25) is 4.79 Å². The number of fused-ring (bicyclic) bond motifs is 1. The number of pyridine rings is 1. The number of rotatable bonds is 1. The summed E-state index contributed by atoms with van der Waals surface area (Å²) >= 11 is 0. The standard InChI is InChI=1S/C17H21N3O2/c1-11-9-12-7-8-13(18)10-15(12)20(16(11)21)17(22)19-14-5-3-2-4-6-14/h7-10,14H,2-6,18H2,1H3,(H,19,22). The van der Waals surface area contributed by atoms with Crippen LogP contribution in [0.4, 0.5) is 10.5 Å².